The number of carboxylic acids is 1. The molecule has 0 aromatic carbocycles. The first kappa shape index (κ1) is 34.6. The van der Waals surface area contributed by atoms with Crippen molar-refractivity contribution in [3.8, 4) is 0 Å². The van der Waals surface area contributed by atoms with Gasteiger partial charge in [-0.15, -0.1) is 0 Å². The summed E-state index contributed by atoms with van der Waals surface area (Å²) >= 11 is 0. The first-order chi connectivity index (χ1) is 11.0. The lowest BCUT2D eigenvalue weighted by Crippen LogP contribution is -1.93. The van der Waals surface area contributed by atoms with Crippen molar-refractivity contribution in [1.29, 1.82) is 0 Å². The standard InChI is InChI=1S/C12H24O2.3C2H6O.H3N/c1-2-3-4-5-6-7-8-9-10-11-12(13)14;3*1-2-3;/h2-11H2,1H3,(H,13,14);3*3H,2H2,1H3;1H3. The van der Waals surface area contributed by atoms with Crippen molar-refractivity contribution in [2.45, 2.75) is 91.9 Å². The van der Waals surface area contributed by atoms with E-state index in [1.54, 1.807) is 20.8 Å². The molecule has 0 unspecified atom stereocenters. The molecule has 0 bridgehead atoms. The van der Waals surface area contributed by atoms with Crippen LogP contribution in [0.1, 0.15) is 91.9 Å². The molecular formula is C18H45NO5. The van der Waals surface area contributed by atoms with Crippen molar-refractivity contribution in [3.63, 3.8) is 0 Å². The SMILES string of the molecule is CCCCCCCCCCCC(=O)O.CCO.CCO.CCO.N. The van der Waals surface area contributed by atoms with Crippen molar-refractivity contribution < 1.29 is 25.2 Å². The van der Waals surface area contributed by atoms with E-state index < -0.39 is 5.97 Å². The molecule has 0 aliphatic rings. The maximum absolute atomic E-state index is 10.2. The maximum atomic E-state index is 10.2. The van der Waals surface area contributed by atoms with Crippen LogP contribution in [0.4, 0.5) is 0 Å². The van der Waals surface area contributed by atoms with Crippen LogP contribution in [0.2, 0.25) is 0 Å². The predicted octanol–water partition coefficient (Wildman–Crippen LogP) is 4.15. The number of aliphatic hydroxyl groups excluding tert-OH is 3. The number of unbranched alkanes of at least 4 members (excludes halogenated alkanes) is 8. The molecule has 152 valence electrons. The largest absolute Gasteiger partial charge is 0.481 e. The van der Waals surface area contributed by atoms with Crippen molar-refractivity contribution in [1.82, 2.24) is 6.15 Å². The number of aliphatic hydroxyl groups is 3. The summed E-state index contributed by atoms with van der Waals surface area (Å²) in [4.78, 5) is 10.2. The van der Waals surface area contributed by atoms with Gasteiger partial charge < -0.3 is 26.6 Å². The summed E-state index contributed by atoms with van der Waals surface area (Å²) in [5.74, 6) is -0.659. The average molecular weight is 356 g/mol. The van der Waals surface area contributed by atoms with E-state index in [9.17, 15) is 4.79 Å². The summed E-state index contributed by atoms with van der Waals surface area (Å²) < 4.78 is 0. The summed E-state index contributed by atoms with van der Waals surface area (Å²) in [6.45, 7) is 8.02. The molecule has 0 aliphatic heterocycles. The Kier molecular flexibility index (Phi) is 62.3. The zero-order valence-electron chi connectivity index (χ0n) is 16.6. The molecule has 6 heteroatoms. The van der Waals surface area contributed by atoms with Gasteiger partial charge in [-0.3, -0.25) is 4.79 Å². The number of hydrogen-bond donors (Lipinski definition) is 5. The molecule has 0 amide bonds. The normalized spacial score (nSPS) is 8.29. The van der Waals surface area contributed by atoms with E-state index in [4.69, 9.17) is 20.4 Å². The molecular weight excluding hydrogens is 310 g/mol. The van der Waals surface area contributed by atoms with Gasteiger partial charge in [0.15, 0.2) is 0 Å². The smallest absolute Gasteiger partial charge is 0.303 e. The molecule has 0 aliphatic carbocycles. The van der Waals surface area contributed by atoms with Gasteiger partial charge in [-0.1, -0.05) is 58.3 Å². The number of hydrogen-bond acceptors (Lipinski definition) is 5. The Morgan fingerprint density at radius 1 is 0.625 bits per heavy atom. The van der Waals surface area contributed by atoms with E-state index >= 15 is 0 Å². The Morgan fingerprint density at radius 3 is 1.12 bits per heavy atom. The molecule has 0 radical (unpaired) electrons. The molecule has 0 saturated carbocycles. The van der Waals surface area contributed by atoms with Gasteiger partial charge in [0.25, 0.3) is 0 Å². The Labute approximate surface area is 149 Å². The Hall–Kier alpha value is -0.690. The lowest BCUT2D eigenvalue weighted by atomic mass is 10.1. The second kappa shape index (κ2) is 43.2. The quantitative estimate of drug-likeness (QED) is 0.374. The van der Waals surface area contributed by atoms with E-state index in [2.05, 4.69) is 6.92 Å². The van der Waals surface area contributed by atoms with Gasteiger partial charge in [0.1, 0.15) is 0 Å². The molecule has 0 saturated heterocycles. The van der Waals surface area contributed by atoms with Crippen LogP contribution < -0.4 is 6.15 Å². The number of carbonyl (C=O) groups is 1. The van der Waals surface area contributed by atoms with Crippen LogP contribution in [0.25, 0.3) is 0 Å². The van der Waals surface area contributed by atoms with Gasteiger partial charge in [0.2, 0.25) is 0 Å². The molecule has 7 N–H and O–H groups in total. The van der Waals surface area contributed by atoms with E-state index in [1.165, 1.54) is 44.9 Å². The minimum atomic E-state index is -0.659. The van der Waals surface area contributed by atoms with Crippen LogP contribution in [0.5, 0.6) is 0 Å². The van der Waals surface area contributed by atoms with Gasteiger partial charge in [-0.2, -0.15) is 0 Å². The van der Waals surface area contributed by atoms with Crippen molar-refractivity contribution >= 4 is 5.97 Å². The highest BCUT2D eigenvalue weighted by atomic mass is 16.4. The fourth-order valence-corrected chi connectivity index (χ4v) is 1.59. The van der Waals surface area contributed by atoms with Gasteiger partial charge in [-0.05, 0) is 27.2 Å². The summed E-state index contributed by atoms with van der Waals surface area (Å²) in [6, 6.07) is 0. The van der Waals surface area contributed by atoms with E-state index in [0.717, 1.165) is 12.8 Å². The third kappa shape index (κ3) is 82.7. The summed E-state index contributed by atoms with van der Waals surface area (Å²) in [5, 5.41) is 31.1. The number of rotatable bonds is 10. The zero-order chi connectivity index (χ0) is 18.8. The van der Waals surface area contributed by atoms with Crippen LogP contribution in [0.3, 0.4) is 0 Å². The second-order valence-corrected chi connectivity index (χ2v) is 4.92. The first-order valence-electron chi connectivity index (χ1n) is 9.06. The lowest BCUT2D eigenvalue weighted by molar-refractivity contribution is -0.137. The molecule has 0 rings (SSSR count). The van der Waals surface area contributed by atoms with E-state index in [0.29, 0.717) is 6.42 Å². The Balaban J connectivity index is -0.000000100. The maximum Gasteiger partial charge on any atom is 0.303 e. The number of carboxylic acid groups (broad SMARTS) is 1. The lowest BCUT2D eigenvalue weighted by Gasteiger charge is -2.00. The van der Waals surface area contributed by atoms with E-state index in [-0.39, 0.29) is 26.0 Å². The highest BCUT2D eigenvalue weighted by Gasteiger charge is 1.96. The molecule has 0 heterocycles. The van der Waals surface area contributed by atoms with Gasteiger partial charge >= 0.3 is 5.97 Å². The Bertz CT molecular complexity index is 176. The minimum Gasteiger partial charge on any atom is -0.481 e. The van der Waals surface area contributed by atoms with Crippen molar-refractivity contribution in [3.05, 3.63) is 0 Å². The van der Waals surface area contributed by atoms with E-state index in [1.807, 2.05) is 0 Å². The molecule has 24 heavy (non-hydrogen) atoms. The third-order valence-corrected chi connectivity index (χ3v) is 2.49. The number of aliphatic carboxylic acids is 1. The highest BCUT2D eigenvalue weighted by molar-refractivity contribution is 5.66. The summed E-state index contributed by atoms with van der Waals surface area (Å²) in [6.07, 6.45) is 11.5. The zero-order valence-corrected chi connectivity index (χ0v) is 16.6. The van der Waals surface area contributed by atoms with Crippen molar-refractivity contribution in [2.24, 2.45) is 0 Å². The fraction of sp³-hybridized carbons (Fsp3) is 0.944. The fourth-order valence-electron chi connectivity index (χ4n) is 1.59. The molecule has 0 aromatic rings. The van der Waals surface area contributed by atoms with Crippen LogP contribution in [-0.2, 0) is 4.79 Å². The summed E-state index contributed by atoms with van der Waals surface area (Å²) in [5.41, 5.74) is 0. The predicted molar refractivity (Wildman–Crippen MR) is 103 cm³/mol. The minimum absolute atomic E-state index is 0. The second-order valence-electron chi connectivity index (χ2n) is 4.92. The third-order valence-electron chi connectivity index (χ3n) is 2.49. The molecule has 0 atom stereocenters. The van der Waals surface area contributed by atoms with Gasteiger partial charge in [0.05, 0.1) is 0 Å². The average Bonchev–Trinajstić information content (AvgIpc) is 2.48. The molecule has 0 spiro atoms. The Morgan fingerprint density at radius 2 is 0.875 bits per heavy atom. The monoisotopic (exact) mass is 355 g/mol. The van der Waals surface area contributed by atoms with Crippen LogP contribution in [-0.4, -0.2) is 46.2 Å². The van der Waals surface area contributed by atoms with Crippen LogP contribution >= 0.6 is 0 Å². The highest BCUT2D eigenvalue weighted by Crippen LogP contribution is 2.10. The molecule has 6 nitrogen and oxygen atoms in total. The first-order valence-corrected chi connectivity index (χ1v) is 9.06. The van der Waals surface area contributed by atoms with Gasteiger partial charge in [-0.25, -0.2) is 0 Å². The molecule has 0 aromatic heterocycles. The van der Waals surface area contributed by atoms with Crippen molar-refractivity contribution in [2.75, 3.05) is 19.8 Å². The topological polar surface area (TPSA) is 133 Å². The van der Waals surface area contributed by atoms with Gasteiger partial charge in [0, 0.05) is 26.2 Å². The van der Waals surface area contributed by atoms with Crippen LogP contribution in [0.15, 0.2) is 0 Å². The summed E-state index contributed by atoms with van der Waals surface area (Å²) in [7, 11) is 0. The van der Waals surface area contributed by atoms with Crippen LogP contribution in [0, 0.1) is 0 Å². The molecule has 0 fully saturated rings.